The van der Waals surface area contributed by atoms with Crippen LogP contribution in [0, 0.1) is 0 Å². The first-order valence-corrected chi connectivity index (χ1v) is 6.32. The Morgan fingerprint density at radius 2 is 2.00 bits per heavy atom. The maximum Gasteiger partial charge on any atom is 0.427 e. The van der Waals surface area contributed by atoms with Gasteiger partial charge in [0.15, 0.2) is 6.10 Å². The highest BCUT2D eigenvalue weighted by molar-refractivity contribution is 7.81. The molecule has 0 bridgehead atoms. The molecule has 0 N–H and O–H groups in total. The molecule has 0 aliphatic carbocycles. The van der Waals surface area contributed by atoms with Crippen molar-refractivity contribution in [2.24, 2.45) is 0 Å². The monoisotopic (exact) mass is 268 g/mol. The molecule has 17 heavy (non-hydrogen) atoms. The molecule has 1 atom stereocenters. The van der Waals surface area contributed by atoms with Crippen molar-refractivity contribution >= 4 is 16.4 Å². The molecule has 0 fully saturated rings. The molecule has 0 aliphatic heterocycles. The smallest absolute Gasteiger partial charge is 0.427 e. The van der Waals surface area contributed by atoms with Crippen LogP contribution in [0.5, 0.6) is 0 Å². The molecule has 100 valence electrons. The molecule has 0 aliphatic rings. The van der Waals surface area contributed by atoms with Crippen LogP contribution < -0.4 is 0 Å². The molecule has 0 aromatic heterocycles. The predicted molar refractivity (Wildman–Crippen MR) is 58.0 cm³/mol. The van der Waals surface area contributed by atoms with Crippen molar-refractivity contribution in [1.82, 2.24) is 0 Å². The van der Waals surface area contributed by atoms with E-state index in [4.69, 9.17) is 0 Å². The van der Waals surface area contributed by atoms with Crippen molar-refractivity contribution in [3.63, 3.8) is 0 Å². The molecule has 0 rings (SSSR count). The highest BCUT2D eigenvalue weighted by Gasteiger charge is 2.27. The van der Waals surface area contributed by atoms with Crippen LogP contribution in [0.25, 0.3) is 0 Å². The van der Waals surface area contributed by atoms with E-state index in [-0.39, 0.29) is 19.6 Å². The lowest BCUT2D eigenvalue weighted by Crippen LogP contribution is -2.29. The summed E-state index contributed by atoms with van der Waals surface area (Å²) in [6, 6.07) is 0. The normalized spacial score (nSPS) is 13.1. The summed E-state index contributed by atoms with van der Waals surface area (Å²) in [6.07, 6.45) is -0.0105. The molecule has 0 radical (unpaired) electrons. The molecular formula is C9H16O7S. The molecule has 0 spiro atoms. The number of carbonyl (C=O) groups is 1. The van der Waals surface area contributed by atoms with Gasteiger partial charge in [-0.3, -0.25) is 0 Å². The first kappa shape index (κ1) is 16.0. The Balaban J connectivity index is 4.52. The zero-order chi connectivity index (χ0) is 13.3. The first-order valence-electron chi connectivity index (χ1n) is 4.98. The summed E-state index contributed by atoms with van der Waals surface area (Å²) in [5.41, 5.74) is 0. The summed E-state index contributed by atoms with van der Waals surface area (Å²) in [5, 5.41) is 0. The van der Waals surface area contributed by atoms with Gasteiger partial charge in [0.1, 0.15) is 0 Å². The van der Waals surface area contributed by atoms with Gasteiger partial charge < -0.3 is 4.74 Å². The zero-order valence-corrected chi connectivity index (χ0v) is 10.6. The third kappa shape index (κ3) is 7.05. The Morgan fingerprint density at radius 1 is 1.35 bits per heavy atom. The number of ether oxygens (including phenoxy) is 1. The van der Waals surface area contributed by atoms with E-state index in [1.165, 1.54) is 13.0 Å². The number of carbonyl (C=O) groups excluding carboxylic acids is 1. The van der Waals surface area contributed by atoms with Crippen molar-refractivity contribution in [3.8, 4) is 0 Å². The van der Waals surface area contributed by atoms with Crippen molar-refractivity contribution in [3.05, 3.63) is 12.7 Å². The number of esters is 1. The van der Waals surface area contributed by atoms with Gasteiger partial charge in [0.2, 0.25) is 0 Å². The SMILES string of the molecule is C=CCC(OS(=O)(=O)OOCC)C(=O)OCC. The molecule has 0 aromatic rings. The minimum absolute atomic E-state index is 0.0203. The van der Waals surface area contributed by atoms with E-state index in [2.05, 4.69) is 24.7 Å². The third-order valence-electron chi connectivity index (χ3n) is 1.41. The Hall–Kier alpha value is -0.960. The minimum atomic E-state index is -4.40. The van der Waals surface area contributed by atoms with E-state index >= 15 is 0 Å². The standard InChI is InChI=1S/C9H16O7S/c1-4-7-8(9(10)13-5-2)15-17(11,12)16-14-6-3/h4,8H,1,5-7H2,2-3H3. The third-order valence-corrected chi connectivity index (χ3v) is 2.14. The van der Waals surface area contributed by atoms with Gasteiger partial charge in [0.25, 0.3) is 0 Å². The summed E-state index contributed by atoms with van der Waals surface area (Å²) >= 11 is 0. The molecule has 0 heterocycles. The van der Waals surface area contributed by atoms with E-state index in [9.17, 15) is 13.2 Å². The summed E-state index contributed by atoms with van der Waals surface area (Å²) in [4.78, 5) is 15.6. The molecule has 8 heteroatoms. The number of rotatable bonds is 9. The second-order valence-electron chi connectivity index (χ2n) is 2.74. The van der Waals surface area contributed by atoms with E-state index < -0.39 is 22.5 Å². The largest absolute Gasteiger partial charge is 0.464 e. The van der Waals surface area contributed by atoms with Crippen LogP contribution in [0.4, 0.5) is 0 Å². The Labute approximate surface area is 101 Å². The summed E-state index contributed by atoms with van der Waals surface area (Å²) in [5.74, 6) is -0.809. The molecule has 7 nitrogen and oxygen atoms in total. The van der Waals surface area contributed by atoms with Crippen LogP contribution in [-0.4, -0.2) is 33.7 Å². The quantitative estimate of drug-likeness (QED) is 0.263. The van der Waals surface area contributed by atoms with Gasteiger partial charge in [-0.25, -0.2) is 13.9 Å². The molecular weight excluding hydrogens is 252 g/mol. The lowest BCUT2D eigenvalue weighted by atomic mass is 10.2. The highest BCUT2D eigenvalue weighted by Crippen LogP contribution is 2.09. The fourth-order valence-electron chi connectivity index (χ4n) is 0.827. The Morgan fingerprint density at radius 3 is 2.47 bits per heavy atom. The maximum absolute atomic E-state index is 11.3. The van der Waals surface area contributed by atoms with Crippen LogP contribution in [0.2, 0.25) is 0 Å². The Bertz CT molecular complexity index is 335. The first-order chi connectivity index (χ1) is 7.96. The van der Waals surface area contributed by atoms with Crippen LogP contribution in [0.3, 0.4) is 0 Å². The highest BCUT2D eigenvalue weighted by atomic mass is 32.3. The van der Waals surface area contributed by atoms with Crippen molar-refractivity contribution in [2.75, 3.05) is 13.2 Å². The van der Waals surface area contributed by atoms with Gasteiger partial charge in [-0.1, -0.05) is 10.4 Å². The van der Waals surface area contributed by atoms with E-state index in [1.807, 2.05) is 0 Å². The summed E-state index contributed by atoms with van der Waals surface area (Å²) in [7, 11) is -4.40. The average molecular weight is 268 g/mol. The van der Waals surface area contributed by atoms with Gasteiger partial charge in [-0.15, -0.1) is 6.58 Å². The van der Waals surface area contributed by atoms with Crippen LogP contribution in [0.1, 0.15) is 20.3 Å². The lowest BCUT2D eigenvalue weighted by Gasteiger charge is -2.13. The van der Waals surface area contributed by atoms with E-state index in [0.717, 1.165) is 0 Å². The second kappa shape index (κ2) is 8.18. The van der Waals surface area contributed by atoms with Crippen molar-refractivity contribution in [1.29, 1.82) is 0 Å². The van der Waals surface area contributed by atoms with Crippen LogP contribution in [-0.2, 0) is 33.3 Å². The summed E-state index contributed by atoms with van der Waals surface area (Å²) in [6.45, 7) is 6.64. The average Bonchev–Trinajstić information content (AvgIpc) is 2.26. The second-order valence-corrected chi connectivity index (χ2v) is 3.89. The fourth-order valence-corrected chi connectivity index (χ4v) is 1.51. The molecule has 0 saturated carbocycles. The molecule has 1 unspecified atom stereocenters. The van der Waals surface area contributed by atoms with Gasteiger partial charge in [0, 0.05) is 6.42 Å². The van der Waals surface area contributed by atoms with Crippen LogP contribution >= 0.6 is 0 Å². The number of hydrogen-bond acceptors (Lipinski definition) is 7. The van der Waals surface area contributed by atoms with E-state index in [1.54, 1.807) is 6.92 Å². The maximum atomic E-state index is 11.3. The van der Waals surface area contributed by atoms with Gasteiger partial charge in [-0.05, 0) is 13.8 Å². The minimum Gasteiger partial charge on any atom is -0.464 e. The van der Waals surface area contributed by atoms with Gasteiger partial charge in [-0.2, -0.15) is 8.42 Å². The lowest BCUT2D eigenvalue weighted by molar-refractivity contribution is -0.207. The van der Waals surface area contributed by atoms with E-state index in [0.29, 0.717) is 0 Å². The van der Waals surface area contributed by atoms with Crippen molar-refractivity contribution in [2.45, 2.75) is 26.4 Å². The zero-order valence-electron chi connectivity index (χ0n) is 9.75. The van der Waals surface area contributed by atoms with Crippen molar-refractivity contribution < 1.29 is 31.4 Å². The fraction of sp³-hybridized carbons (Fsp3) is 0.667. The predicted octanol–water partition coefficient (Wildman–Crippen LogP) is 0.724. The molecule has 0 amide bonds. The Kier molecular flexibility index (Phi) is 7.72. The van der Waals surface area contributed by atoms with Gasteiger partial charge >= 0.3 is 16.4 Å². The number of hydrogen-bond donors (Lipinski definition) is 0. The molecule has 0 aromatic carbocycles. The van der Waals surface area contributed by atoms with Gasteiger partial charge in [0.05, 0.1) is 13.2 Å². The van der Waals surface area contributed by atoms with Crippen LogP contribution in [0.15, 0.2) is 12.7 Å². The topological polar surface area (TPSA) is 88.1 Å². The summed E-state index contributed by atoms with van der Waals surface area (Å²) < 4.78 is 35.4. The molecule has 0 saturated heterocycles.